The minimum absolute atomic E-state index is 0.278. The van der Waals surface area contributed by atoms with E-state index in [2.05, 4.69) is 44.8 Å². The lowest BCUT2D eigenvalue weighted by Gasteiger charge is -2.34. The van der Waals surface area contributed by atoms with Crippen molar-refractivity contribution in [2.24, 2.45) is 11.8 Å². The van der Waals surface area contributed by atoms with Crippen LogP contribution in [0.4, 0.5) is 0 Å². The molecule has 1 saturated heterocycles. The summed E-state index contributed by atoms with van der Waals surface area (Å²) in [5.74, 6) is 1.81. The van der Waals surface area contributed by atoms with E-state index >= 15 is 0 Å². The van der Waals surface area contributed by atoms with E-state index in [1.807, 2.05) is 0 Å². The lowest BCUT2D eigenvalue weighted by molar-refractivity contribution is 0.138. The van der Waals surface area contributed by atoms with Gasteiger partial charge in [-0.15, -0.1) is 0 Å². The molecule has 0 amide bonds. The largest absolute Gasteiger partial charge is 0.312 e. The van der Waals surface area contributed by atoms with Gasteiger partial charge in [-0.3, -0.25) is 0 Å². The molecule has 1 aliphatic rings. The molecular formula is C17H36N2. The smallest absolute Gasteiger partial charge is 0.00965 e. The van der Waals surface area contributed by atoms with Crippen molar-refractivity contribution in [3.63, 3.8) is 0 Å². The van der Waals surface area contributed by atoms with Crippen LogP contribution in [0.2, 0.25) is 0 Å². The highest BCUT2D eigenvalue weighted by molar-refractivity contribution is 4.74. The zero-order valence-corrected chi connectivity index (χ0v) is 14.0. The fourth-order valence-electron chi connectivity index (χ4n) is 3.25. The van der Waals surface area contributed by atoms with Gasteiger partial charge in [0.2, 0.25) is 0 Å². The summed E-state index contributed by atoms with van der Waals surface area (Å²) in [7, 11) is 0. The number of piperidine rings is 1. The SMILES string of the molecule is CC1CC(C)CN(CCCCCCNC(C)(C)C)C1. The molecule has 0 aromatic carbocycles. The van der Waals surface area contributed by atoms with Gasteiger partial charge < -0.3 is 10.2 Å². The number of hydrogen-bond acceptors (Lipinski definition) is 2. The Bertz CT molecular complexity index is 222. The van der Waals surface area contributed by atoms with Gasteiger partial charge in [-0.05, 0) is 65.0 Å². The second-order valence-corrected chi connectivity index (χ2v) is 7.80. The Labute approximate surface area is 121 Å². The van der Waals surface area contributed by atoms with E-state index in [0.717, 1.165) is 11.8 Å². The van der Waals surface area contributed by atoms with E-state index < -0.39 is 0 Å². The maximum Gasteiger partial charge on any atom is 0.00965 e. The van der Waals surface area contributed by atoms with Crippen LogP contribution in [0.1, 0.15) is 66.7 Å². The average molecular weight is 268 g/mol. The lowest BCUT2D eigenvalue weighted by atomic mass is 9.92. The van der Waals surface area contributed by atoms with Crippen LogP contribution < -0.4 is 5.32 Å². The zero-order valence-electron chi connectivity index (χ0n) is 14.0. The van der Waals surface area contributed by atoms with Crippen LogP contribution in [0.15, 0.2) is 0 Å². The molecule has 2 heteroatoms. The first-order valence-corrected chi connectivity index (χ1v) is 8.34. The van der Waals surface area contributed by atoms with Crippen molar-refractivity contribution >= 4 is 0 Å². The van der Waals surface area contributed by atoms with Crippen molar-refractivity contribution in [1.29, 1.82) is 0 Å². The molecule has 19 heavy (non-hydrogen) atoms. The molecule has 0 aromatic rings. The number of nitrogens with zero attached hydrogens (tertiary/aromatic N) is 1. The summed E-state index contributed by atoms with van der Waals surface area (Å²) in [6.45, 7) is 16.7. The average Bonchev–Trinajstić information content (AvgIpc) is 2.25. The van der Waals surface area contributed by atoms with Crippen molar-refractivity contribution < 1.29 is 0 Å². The minimum Gasteiger partial charge on any atom is -0.312 e. The number of hydrogen-bond donors (Lipinski definition) is 1. The fraction of sp³-hybridized carbons (Fsp3) is 1.00. The fourth-order valence-corrected chi connectivity index (χ4v) is 3.25. The van der Waals surface area contributed by atoms with E-state index in [1.54, 1.807) is 0 Å². The third kappa shape index (κ3) is 8.65. The Hall–Kier alpha value is -0.0800. The number of likely N-dealkylation sites (tertiary alicyclic amines) is 1. The summed E-state index contributed by atoms with van der Waals surface area (Å²) in [5.41, 5.74) is 0.278. The summed E-state index contributed by atoms with van der Waals surface area (Å²) in [6, 6.07) is 0. The predicted molar refractivity (Wildman–Crippen MR) is 85.6 cm³/mol. The quantitative estimate of drug-likeness (QED) is 0.704. The van der Waals surface area contributed by atoms with Gasteiger partial charge in [-0.1, -0.05) is 26.7 Å². The van der Waals surface area contributed by atoms with Gasteiger partial charge in [-0.2, -0.15) is 0 Å². The highest BCUT2D eigenvalue weighted by Crippen LogP contribution is 2.21. The highest BCUT2D eigenvalue weighted by Gasteiger charge is 2.20. The maximum atomic E-state index is 3.56. The molecule has 1 rings (SSSR count). The molecule has 114 valence electrons. The minimum atomic E-state index is 0.278. The van der Waals surface area contributed by atoms with Crippen molar-refractivity contribution in [3.05, 3.63) is 0 Å². The number of rotatable bonds is 7. The number of nitrogens with one attached hydrogen (secondary N) is 1. The molecule has 1 heterocycles. The van der Waals surface area contributed by atoms with E-state index in [9.17, 15) is 0 Å². The molecular weight excluding hydrogens is 232 g/mol. The van der Waals surface area contributed by atoms with Crippen LogP contribution in [0, 0.1) is 11.8 Å². The molecule has 0 aliphatic carbocycles. The summed E-state index contributed by atoms with van der Waals surface area (Å²) in [4.78, 5) is 2.69. The second-order valence-electron chi connectivity index (χ2n) is 7.80. The van der Waals surface area contributed by atoms with Crippen LogP contribution in [0.5, 0.6) is 0 Å². The third-order valence-corrected chi connectivity index (χ3v) is 4.00. The molecule has 1 aliphatic heterocycles. The van der Waals surface area contributed by atoms with Gasteiger partial charge in [0, 0.05) is 18.6 Å². The van der Waals surface area contributed by atoms with Crippen LogP contribution in [0.25, 0.3) is 0 Å². The predicted octanol–water partition coefficient (Wildman–Crippen LogP) is 3.91. The topological polar surface area (TPSA) is 15.3 Å². The van der Waals surface area contributed by atoms with Crippen LogP contribution in [0.3, 0.4) is 0 Å². The molecule has 2 atom stereocenters. The normalized spacial score (nSPS) is 25.7. The summed E-state index contributed by atoms with van der Waals surface area (Å²) in [6.07, 6.45) is 6.90. The third-order valence-electron chi connectivity index (χ3n) is 4.00. The molecule has 2 nitrogen and oxygen atoms in total. The standard InChI is InChI=1S/C17H36N2/c1-15-12-16(2)14-19(13-15)11-9-7-6-8-10-18-17(3,4)5/h15-16,18H,6-14H2,1-5H3. The second kappa shape index (κ2) is 8.26. The van der Waals surface area contributed by atoms with Crippen molar-refractivity contribution in [1.82, 2.24) is 10.2 Å². The summed E-state index contributed by atoms with van der Waals surface area (Å²) in [5, 5.41) is 3.56. The van der Waals surface area contributed by atoms with Crippen molar-refractivity contribution in [2.45, 2.75) is 72.3 Å². The maximum absolute atomic E-state index is 3.56. The molecule has 2 unspecified atom stereocenters. The molecule has 1 fully saturated rings. The van der Waals surface area contributed by atoms with Crippen LogP contribution in [-0.4, -0.2) is 36.6 Å². The summed E-state index contributed by atoms with van der Waals surface area (Å²) >= 11 is 0. The lowest BCUT2D eigenvalue weighted by Crippen LogP contribution is -2.39. The number of unbranched alkanes of at least 4 members (excludes halogenated alkanes) is 3. The molecule has 0 radical (unpaired) electrons. The van der Waals surface area contributed by atoms with Gasteiger partial charge in [0.1, 0.15) is 0 Å². The van der Waals surface area contributed by atoms with Crippen LogP contribution >= 0.6 is 0 Å². The first-order valence-electron chi connectivity index (χ1n) is 8.34. The molecule has 0 spiro atoms. The van der Waals surface area contributed by atoms with Crippen molar-refractivity contribution in [3.8, 4) is 0 Å². The monoisotopic (exact) mass is 268 g/mol. The summed E-state index contributed by atoms with van der Waals surface area (Å²) < 4.78 is 0. The molecule has 0 aromatic heterocycles. The van der Waals surface area contributed by atoms with Gasteiger partial charge in [0.05, 0.1) is 0 Å². The first kappa shape index (κ1) is 17.0. The first-order chi connectivity index (χ1) is 8.87. The molecule has 0 saturated carbocycles. The van der Waals surface area contributed by atoms with E-state index in [-0.39, 0.29) is 5.54 Å². The van der Waals surface area contributed by atoms with Crippen LogP contribution in [-0.2, 0) is 0 Å². The Morgan fingerprint density at radius 3 is 2.11 bits per heavy atom. The van der Waals surface area contributed by atoms with Gasteiger partial charge in [0.15, 0.2) is 0 Å². The van der Waals surface area contributed by atoms with Gasteiger partial charge >= 0.3 is 0 Å². The highest BCUT2D eigenvalue weighted by atomic mass is 15.1. The zero-order chi connectivity index (χ0) is 14.3. The van der Waals surface area contributed by atoms with Gasteiger partial charge in [0.25, 0.3) is 0 Å². The Morgan fingerprint density at radius 2 is 1.53 bits per heavy atom. The van der Waals surface area contributed by atoms with Gasteiger partial charge in [-0.25, -0.2) is 0 Å². The Morgan fingerprint density at radius 1 is 0.947 bits per heavy atom. The van der Waals surface area contributed by atoms with Crippen molar-refractivity contribution in [2.75, 3.05) is 26.2 Å². The van der Waals surface area contributed by atoms with E-state index in [4.69, 9.17) is 0 Å². The molecule has 1 N–H and O–H groups in total. The Balaban J connectivity index is 1.96. The van der Waals surface area contributed by atoms with E-state index in [0.29, 0.717) is 0 Å². The van der Waals surface area contributed by atoms with E-state index in [1.165, 1.54) is 58.3 Å². The molecule has 0 bridgehead atoms. The Kier molecular flexibility index (Phi) is 7.38.